The number of nitrogens with one attached hydrogen (secondary N) is 1. The van der Waals surface area contributed by atoms with Crippen molar-refractivity contribution in [2.45, 2.75) is 13.0 Å². The summed E-state index contributed by atoms with van der Waals surface area (Å²) in [5.74, 6) is 0.547. The van der Waals surface area contributed by atoms with Crippen molar-refractivity contribution in [3.05, 3.63) is 95.9 Å². The number of aromatic nitrogens is 1. The van der Waals surface area contributed by atoms with Crippen molar-refractivity contribution < 1.29 is 13.9 Å². The van der Waals surface area contributed by atoms with Gasteiger partial charge in [0.05, 0.1) is 6.04 Å². The zero-order chi connectivity index (χ0) is 19.1. The molecule has 0 aliphatic rings. The molecule has 4 nitrogen and oxygen atoms in total. The summed E-state index contributed by atoms with van der Waals surface area (Å²) in [7, 11) is 0. The van der Waals surface area contributed by atoms with Gasteiger partial charge in [-0.15, -0.1) is 0 Å². The molecule has 0 radical (unpaired) electrons. The zero-order valence-electron chi connectivity index (χ0n) is 14.8. The van der Waals surface area contributed by atoms with E-state index in [9.17, 15) is 9.18 Å². The van der Waals surface area contributed by atoms with Crippen molar-refractivity contribution >= 4 is 12.0 Å². The van der Waals surface area contributed by atoms with E-state index in [4.69, 9.17) is 4.74 Å². The van der Waals surface area contributed by atoms with Gasteiger partial charge in [0.25, 0.3) is 0 Å². The van der Waals surface area contributed by atoms with Crippen LogP contribution in [0.4, 0.5) is 4.39 Å². The van der Waals surface area contributed by atoms with Gasteiger partial charge in [0.15, 0.2) is 0 Å². The van der Waals surface area contributed by atoms with Gasteiger partial charge in [-0.25, -0.2) is 9.37 Å². The van der Waals surface area contributed by atoms with Crippen molar-refractivity contribution in [1.82, 2.24) is 10.3 Å². The summed E-state index contributed by atoms with van der Waals surface area (Å²) < 4.78 is 18.9. The quantitative estimate of drug-likeness (QED) is 0.634. The molecule has 3 aromatic rings. The highest BCUT2D eigenvalue weighted by Crippen LogP contribution is 2.23. The van der Waals surface area contributed by atoms with Crippen LogP contribution in [0, 0.1) is 5.82 Å². The molecule has 0 fully saturated rings. The van der Waals surface area contributed by atoms with Crippen LogP contribution in [-0.2, 0) is 4.79 Å². The maximum Gasteiger partial charge on any atom is 0.244 e. The Kier molecular flexibility index (Phi) is 5.94. The standard InChI is InChI=1S/C22H19FN2O2/c1-16(25-21(26)12-11-17-6-4-8-19(23)14-17)18-7-5-9-20(15-18)27-22-10-2-3-13-24-22/h2-16H,1H3,(H,25,26)/b12-11+/t16-/m0/s1. The second-order valence-electron chi connectivity index (χ2n) is 5.96. The molecule has 0 saturated heterocycles. The van der Waals surface area contributed by atoms with Crippen LogP contribution in [0.3, 0.4) is 0 Å². The largest absolute Gasteiger partial charge is 0.439 e. The zero-order valence-corrected chi connectivity index (χ0v) is 14.8. The van der Waals surface area contributed by atoms with Crippen molar-refractivity contribution in [3.8, 4) is 11.6 Å². The van der Waals surface area contributed by atoms with E-state index in [1.54, 1.807) is 30.5 Å². The molecule has 2 aromatic carbocycles. The summed E-state index contributed by atoms with van der Waals surface area (Å²) in [4.78, 5) is 16.3. The Labute approximate surface area is 157 Å². The second-order valence-corrected chi connectivity index (χ2v) is 5.96. The first-order valence-electron chi connectivity index (χ1n) is 8.53. The Morgan fingerprint density at radius 2 is 1.96 bits per heavy atom. The average molecular weight is 362 g/mol. The lowest BCUT2D eigenvalue weighted by Crippen LogP contribution is -2.24. The molecule has 0 aliphatic carbocycles. The van der Waals surface area contributed by atoms with E-state index in [1.165, 1.54) is 18.2 Å². The molecule has 27 heavy (non-hydrogen) atoms. The van der Waals surface area contributed by atoms with E-state index in [1.807, 2.05) is 43.3 Å². The van der Waals surface area contributed by atoms with Gasteiger partial charge < -0.3 is 10.1 Å². The highest BCUT2D eigenvalue weighted by molar-refractivity contribution is 5.91. The molecule has 136 valence electrons. The van der Waals surface area contributed by atoms with Gasteiger partial charge in [-0.05, 0) is 54.5 Å². The molecule has 0 spiro atoms. The Morgan fingerprint density at radius 1 is 1.11 bits per heavy atom. The number of halogens is 1. The number of hydrogen-bond acceptors (Lipinski definition) is 3. The smallest absolute Gasteiger partial charge is 0.244 e. The lowest BCUT2D eigenvalue weighted by molar-refractivity contribution is -0.117. The van der Waals surface area contributed by atoms with Gasteiger partial charge in [0.1, 0.15) is 11.6 Å². The van der Waals surface area contributed by atoms with E-state index < -0.39 is 0 Å². The fourth-order valence-corrected chi connectivity index (χ4v) is 2.50. The fraction of sp³-hybridized carbons (Fsp3) is 0.0909. The normalized spacial score (nSPS) is 11.9. The fourth-order valence-electron chi connectivity index (χ4n) is 2.50. The first kappa shape index (κ1) is 18.3. The van der Waals surface area contributed by atoms with Gasteiger partial charge in [-0.1, -0.05) is 30.3 Å². The van der Waals surface area contributed by atoms with Crippen LogP contribution in [0.15, 0.2) is 79.0 Å². The number of amides is 1. The average Bonchev–Trinajstić information content (AvgIpc) is 2.67. The predicted octanol–water partition coefficient (Wildman–Crippen LogP) is 4.90. The molecular weight excluding hydrogens is 343 g/mol. The summed E-state index contributed by atoms with van der Waals surface area (Å²) in [5.41, 5.74) is 1.53. The second kappa shape index (κ2) is 8.76. The third kappa shape index (κ3) is 5.51. The van der Waals surface area contributed by atoms with E-state index >= 15 is 0 Å². The van der Waals surface area contributed by atoms with Crippen LogP contribution >= 0.6 is 0 Å². The molecule has 0 aliphatic heterocycles. The molecule has 1 aromatic heterocycles. The van der Waals surface area contributed by atoms with E-state index in [0.717, 1.165) is 5.56 Å². The van der Waals surface area contributed by atoms with Crippen molar-refractivity contribution in [2.24, 2.45) is 0 Å². The van der Waals surface area contributed by atoms with Crippen LogP contribution < -0.4 is 10.1 Å². The summed E-state index contributed by atoms with van der Waals surface area (Å²) in [6.07, 6.45) is 4.62. The number of carbonyl (C=O) groups excluding carboxylic acids is 1. The predicted molar refractivity (Wildman–Crippen MR) is 103 cm³/mol. The van der Waals surface area contributed by atoms with Crippen LogP contribution in [0.5, 0.6) is 11.6 Å². The van der Waals surface area contributed by atoms with Crippen LogP contribution in [0.1, 0.15) is 24.1 Å². The van der Waals surface area contributed by atoms with Crippen molar-refractivity contribution in [1.29, 1.82) is 0 Å². The third-order valence-electron chi connectivity index (χ3n) is 3.85. The molecular formula is C22H19FN2O2. The topological polar surface area (TPSA) is 51.2 Å². The monoisotopic (exact) mass is 362 g/mol. The number of hydrogen-bond donors (Lipinski definition) is 1. The SMILES string of the molecule is C[C@H](NC(=O)/C=C/c1cccc(F)c1)c1cccc(Oc2ccccn2)c1. The Bertz CT molecular complexity index is 942. The minimum Gasteiger partial charge on any atom is -0.439 e. The number of pyridine rings is 1. The van der Waals surface area contributed by atoms with Crippen molar-refractivity contribution in [2.75, 3.05) is 0 Å². The maximum absolute atomic E-state index is 13.2. The molecule has 1 atom stereocenters. The first-order chi connectivity index (χ1) is 13.1. The number of rotatable bonds is 6. The lowest BCUT2D eigenvalue weighted by atomic mass is 10.1. The van der Waals surface area contributed by atoms with Gasteiger partial charge in [0, 0.05) is 18.3 Å². The highest BCUT2D eigenvalue weighted by Gasteiger charge is 2.09. The van der Waals surface area contributed by atoms with Gasteiger partial charge in [-0.3, -0.25) is 4.79 Å². The third-order valence-corrected chi connectivity index (χ3v) is 3.85. The Balaban J connectivity index is 1.62. The van der Waals surface area contributed by atoms with Crippen LogP contribution in [-0.4, -0.2) is 10.9 Å². The number of ether oxygens (including phenoxy) is 1. The van der Waals surface area contributed by atoms with E-state index in [2.05, 4.69) is 10.3 Å². The number of carbonyl (C=O) groups is 1. The molecule has 5 heteroatoms. The molecule has 1 amide bonds. The summed E-state index contributed by atoms with van der Waals surface area (Å²) in [6, 6.07) is 18.7. The lowest BCUT2D eigenvalue weighted by Gasteiger charge is -2.14. The molecule has 1 N–H and O–H groups in total. The van der Waals surface area contributed by atoms with E-state index in [-0.39, 0.29) is 17.8 Å². The Hall–Kier alpha value is -3.47. The van der Waals surface area contributed by atoms with E-state index in [0.29, 0.717) is 17.2 Å². The van der Waals surface area contributed by atoms with Gasteiger partial charge in [-0.2, -0.15) is 0 Å². The molecule has 1 heterocycles. The minimum absolute atomic E-state index is 0.220. The molecule has 3 rings (SSSR count). The first-order valence-corrected chi connectivity index (χ1v) is 8.53. The van der Waals surface area contributed by atoms with Crippen LogP contribution in [0.2, 0.25) is 0 Å². The highest BCUT2D eigenvalue weighted by atomic mass is 19.1. The number of benzene rings is 2. The molecule has 0 bridgehead atoms. The van der Waals surface area contributed by atoms with Crippen molar-refractivity contribution in [3.63, 3.8) is 0 Å². The maximum atomic E-state index is 13.2. The number of nitrogens with zero attached hydrogens (tertiary/aromatic N) is 1. The summed E-state index contributed by atoms with van der Waals surface area (Å²) >= 11 is 0. The molecule has 0 unspecified atom stereocenters. The summed E-state index contributed by atoms with van der Waals surface area (Å²) in [6.45, 7) is 1.88. The van der Waals surface area contributed by atoms with Crippen LogP contribution in [0.25, 0.3) is 6.08 Å². The van der Waals surface area contributed by atoms with Gasteiger partial charge in [0.2, 0.25) is 11.8 Å². The Morgan fingerprint density at radius 3 is 2.74 bits per heavy atom. The minimum atomic E-state index is -0.337. The summed E-state index contributed by atoms with van der Waals surface area (Å²) in [5, 5.41) is 2.88. The molecule has 0 saturated carbocycles. The van der Waals surface area contributed by atoms with Gasteiger partial charge >= 0.3 is 0 Å².